The molecule has 4 rings (SSSR count). The Hall–Kier alpha value is -3.24. The number of hydrogen-bond acceptors (Lipinski definition) is 7. The van der Waals surface area contributed by atoms with Crippen LogP contribution in [0.25, 0.3) is 28.0 Å². The number of halogens is 3. The Morgan fingerprint density at radius 2 is 1.96 bits per heavy atom. The summed E-state index contributed by atoms with van der Waals surface area (Å²) in [4.78, 5) is 16.6. The molecule has 0 aliphatic heterocycles. The van der Waals surface area contributed by atoms with E-state index >= 15 is 0 Å². The van der Waals surface area contributed by atoms with Crippen molar-refractivity contribution in [3.63, 3.8) is 0 Å². The van der Waals surface area contributed by atoms with Crippen molar-refractivity contribution in [2.24, 2.45) is 0 Å². The van der Waals surface area contributed by atoms with E-state index in [9.17, 15) is 8.78 Å². The summed E-state index contributed by atoms with van der Waals surface area (Å²) in [5, 5.41) is 3.64. The van der Waals surface area contributed by atoms with Gasteiger partial charge in [-0.3, -0.25) is 0 Å². The van der Waals surface area contributed by atoms with Gasteiger partial charge in [-0.05, 0) is 18.2 Å². The van der Waals surface area contributed by atoms with Gasteiger partial charge in [0.15, 0.2) is 23.3 Å². The van der Waals surface area contributed by atoms with Crippen molar-refractivity contribution >= 4 is 28.5 Å². The van der Waals surface area contributed by atoms with Crippen molar-refractivity contribution in [2.45, 2.75) is 6.61 Å². The van der Waals surface area contributed by atoms with Gasteiger partial charge < -0.3 is 10.5 Å². The number of nitrogen functional groups attached to an aromatic ring is 1. The molecule has 0 aliphatic carbocycles. The lowest BCUT2D eigenvalue weighted by Gasteiger charge is -2.11. The highest BCUT2D eigenvalue weighted by Gasteiger charge is 2.19. The molecular formula is C17H12ClF2N7O. The van der Waals surface area contributed by atoms with Crippen LogP contribution in [0.5, 0.6) is 0 Å². The summed E-state index contributed by atoms with van der Waals surface area (Å²) in [5.41, 5.74) is 6.80. The molecule has 3 aromatic heterocycles. The predicted octanol–water partition coefficient (Wildman–Crippen LogP) is 2.93. The number of rotatable bonds is 4. The third kappa shape index (κ3) is 3.02. The second kappa shape index (κ2) is 7.06. The van der Waals surface area contributed by atoms with Crippen LogP contribution in [0.15, 0.2) is 30.9 Å². The van der Waals surface area contributed by atoms with Crippen molar-refractivity contribution in [1.82, 2.24) is 29.7 Å². The normalized spacial score (nSPS) is 11.3. The minimum Gasteiger partial charge on any atom is -0.382 e. The van der Waals surface area contributed by atoms with E-state index in [2.05, 4.69) is 25.0 Å². The van der Waals surface area contributed by atoms with Gasteiger partial charge in [-0.2, -0.15) is 0 Å². The summed E-state index contributed by atoms with van der Waals surface area (Å²) in [6.07, 6.45) is 2.66. The fourth-order valence-electron chi connectivity index (χ4n) is 2.70. The number of anilines is 1. The molecule has 0 fully saturated rings. The van der Waals surface area contributed by atoms with Crippen molar-refractivity contribution in [1.29, 1.82) is 0 Å². The first-order valence-corrected chi connectivity index (χ1v) is 8.32. The Morgan fingerprint density at radius 3 is 2.75 bits per heavy atom. The van der Waals surface area contributed by atoms with Gasteiger partial charge in [0.1, 0.15) is 41.1 Å². The molecular weight excluding hydrogens is 392 g/mol. The molecule has 8 nitrogen and oxygen atoms in total. The summed E-state index contributed by atoms with van der Waals surface area (Å²) in [6, 6.07) is 3.88. The van der Waals surface area contributed by atoms with Crippen LogP contribution in [-0.4, -0.2) is 36.8 Å². The van der Waals surface area contributed by atoms with Crippen LogP contribution < -0.4 is 5.73 Å². The van der Waals surface area contributed by atoms with Gasteiger partial charge in [-0.25, -0.2) is 33.4 Å². The first-order chi connectivity index (χ1) is 13.5. The summed E-state index contributed by atoms with van der Waals surface area (Å²) in [5.74, 6) is -0.969. The van der Waals surface area contributed by atoms with E-state index in [1.807, 2.05) is 0 Å². The van der Waals surface area contributed by atoms with Gasteiger partial charge in [0.05, 0.1) is 0 Å². The molecule has 4 aromatic rings. The van der Waals surface area contributed by atoms with Crippen LogP contribution in [0.2, 0.25) is 5.02 Å². The fraction of sp³-hybridized carbons (Fsp3) is 0.118. The molecule has 142 valence electrons. The standard InChI is InChI=1S/C17H12ClF2N7O/c1-28-5-11-24-7-27(26-11)12-4-9(8-2-3-10(19)13(18)14(8)20)15-16(25-12)17(21)23-6-22-15/h2-4,6-7H,5H2,1H3,(H2,21,22,23). The van der Waals surface area contributed by atoms with E-state index in [1.165, 1.54) is 36.6 Å². The van der Waals surface area contributed by atoms with Crippen LogP contribution in [0.3, 0.4) is 0 Å². The molecule has 11 heteroatoms. The van der Waals surface area contributed by atoms with E-state index in [1.54, 1.807) is 0 Å². The SMILES string of the molecule is COCc1ncn(-c2cc(-c3ccc(F)c(Cl)c3F)c3ncnc(N)c3n2)n1. The second-order valence-electron chi connectivity index (χ2n) is 5.75. The van der Waals surface area contributed by atoms with E-state index in [-0.39, 0.29) is 29.0 Å². The number of methoxy groups -OCH3 is 1. The van der Waals surface area contributed by atoms with Gasteiger partial charge in [-0.15, -0.1) is 5.10 Å². The number of aromatic nitrogens is 6. The van der Waals surface area contributed by atoms with Gasteiger partial charge >= 0.3 is 0 Å². The number of nitrogens with zero attached hydrogens (tertiary/aromatic N) is 6. The van der Waals surface area contributed by atoms with Crippen molar-refractivity contribution in [2.75, 3.05) is 12.8 Å². The Morgan fingerprint density at radius 1 is 1.14 bits per heavy atom. The maximum absolute atomic E-state index is 14.7. The highest BCUT2D eigenvalue weighted by atomic mass is 35.5. The molecule has 3 heterocycles. The number of ether oxygens (including phenoxy) is 1. The summed E-state index contributed by atoms with van der Waals surface area (Å²) >= 11 is 5.75. The minimum atomic E-state index is -0.920. The Balaban J connectivity index is 2.00. The topological polar surface area (TPSA) is 105 Å². The van der Waals surface area contributed by atoms with Crippen LogP contribution in [-0.2, 0) is 11.3 Å². The Bertz CT molecular complexity index is 1200. The van der Waals surface area contributed by atoms with E-state index in [0.717, 1.165) is 6.07 Å². The van der Waals surface area contributed by atoms with Crippen LogP contribution in [0, 0.1) is 11.6 Å². The quantitative estimate of drug-likeness (QED) is 0.522. The first-order valence-electron chi connectivity index (χ1n) is 7.94. The number of benzene rings is 1. The van der Waals surface area contributed by atoms with Gasteiger partial charge in [0.25, 0.3) is 0 Å². The number of hydrogen-bond donors (Lipinski definition) is 1. The smallest absolute Gasteiger partial charge is 0.176 e. The number of nitrogens with two attached hydrogens (primary N) is 1. The molecule has 0 unspecified atom stereocenters. The third-order valence-corrected chi connectivity index (χ3v) is 4.32. The number of fused-ring (bicyclic) bond motifs is 1. The maximum atomic E-state index is 14.7. The summed E-state index contributed by atoms with van der Waals surface area (Å²) < 4.78 is 34.7. The van der Waals surface area contributed by atoms with Crippen LogP contribution >= 0.6 is 11.6 Å². The molecule has 0 bridgehead atoms. The van der Waals surface area contributed by atoms with Crippen molar-refractivity contribution < 1.29 is 13.5 Å². The van der Waals surface area contributed by atoms with Crippen molar-refractivity contribution in [3.05, 3.63) is 53.3 Å². The molecule has 0 saturated carbocycles. The number of pyridine rings is 1. The highest BCUT2D eigenvalue weighted by Crippen LogP contribution is 2.34. The Kier molecular flexibility index (Phi) is 4.57. The van der Waals surface area contributed by atoms with E-state index in [0.29, 0.717) is 17.2 Å². The van der Waals surface area contributed by atoms with E-state index in [4.69, 9.17) is 22.1 Å². The fourth-order valence-corrected chi connectivity index (χ4v) is 2.87. The zero-order chi connectivity index (χ0) is 19.8. The van der Waals surface area contributed by atoms with Gasteiger partial charge in [0.2, 0.25) is 0 Å². The van der Waals surface area contributed by atoms with E-state index < -0.39 is 16.7 Å². The highest BCUT2D eigenvalue weighted by molar-refractivity contribution is 6.31. The van der Waals surface area contributed by atoms with Gasteiger partial charge in [0, 0.05) is 18.2 Å². The molecule has 0 saturated heterocycles. The monoisotopic (exact) mass is 403 g/mol. The minimum absolute atomic E-state index is 0.0374. The molecule has 0 spiro atoms. The molecule has 1 aromatic carbocycles. The molecule has 0 amide bonds. The zero-order valence-electron chi connectivity index (χ0n) is 14.4. The molecule has 2 N–H and O–H groups in total. The first kappa shape index (κ1) is 18.1. The zero-order valence-corrected chi connectivity index (χ0v) is 15.2. The second-order valence-corrected chi connectivity index (χ2v) is 6.12. The Labute approximate surface area is 162 Å². The third-order valence-electron chi connectivity index (χ3n) is 3.98. The van der Waals surface area contributed by atoms with Crippen LogP contribution in [0.4, 0.5) is 14.6 Å². The lowest BCUT2D eigenvalue weighted by Crippen LogP contribution is -2.04. The molecule has 28 heavy (non-hydrogen) atoms. The summed E-state index contributed by atoms with van der Waals surface area (Å²) in [7, 11) is 1.52. The average Bonchev–Trinajstić information content (AvgIpc) is 3.15. The van der Waals surface area contributed by atoms with Gasteiger partial charge in [-0.1, -0.05) is 11.6 Å². The van der Waals surface area contributed by atoms with Crippen LogP contribution in [0.1, 0.15) is 5.82 Å². The summed E-state index contributed by atoms with van der Waals surface area (Å²) in [6.45, 7) is 0.209. The predicted molar refractivity (Wildman–Crippen MR) is 97.7 cm³/mol. The molecule has 0 atom stereocenters. The molecule has 0 aliphatic rings. The average molecular weight is 404 g/mol. The van der Waals surface area contributed by atoms with Crippen molar-refractivity contribution in [3.8, 4) is 16.9 Å². The lowest BCUT2D eigenvalue weighted by molar-refractivity contribution is 0.178. The molecule has 0 radical (unpaired) electrons. The lowest BCUT2D eigenvalue weighted by atomic mass is 10.0. The largest absolute Gasteiger partial charge is 0.382 e. The maximum Gasteiger partial charge on any atom is 0.176 e.